The third kappa shape index (κ3) is 4.58. The Morgan fingerprint density at radius 2 is 2.03 bits per heavy atom. The highest BCUT2D eigenvalue weighted by Crippen LogP contribution is 2.29. The van der Waals surface area contributed by atoms with E-state index in [2.05, 4.69) is 27.4 Å². The number of nitrogens with one attached hydrogen (secondary N) is 1. The molecule has 1 aromatic carbocycles. The van der Waals surface area contributed by atoms with Crippen LogP contribution in [0.3, 0.4) is 0 Å². The lowest BCUT2D eigenvalue weighted by Gasteiger charge is -2.26. The van der Waals surface area contributed by atoms with E-state index in [1.807, 2.05) is 25.1 Å². The van der Waals surface area contributed by atoms with Crippen molar-refractivity contribution in [3.8, 4) is 10.6 Å². The van der Waals surface area contributed by atoms with E-state index in [-0.39, 0.29) is 5.91 Å². The highest BCUT2D eigenvalue weighted by Gasteiger charge is 2.20. The molecule has 6 nitrogen and oxygen atoms in total. The van der Waals surface area contributed by atoms with Gasteiger partial charge in [0.1, 0.15) is 10.8 Å². The molecular formula is C21H21ClN4O2S. The highest BCUT2D eigenvalue weighted by atomic mass is 35.5. The Morgan fingerprint density at radius 3 is 2.76 bits per heavy atom. The Bertz CT molecular complexity index is 1000. The number of ether oxygens (including phenoxy) is 1. The van der Waals surface area contributed by atoms with Crippen molar-refractivity contribution in [1.82, 2.24) is 14.9 Å². The average molecular weight is 429 g/mol. The van der Waals surface area contributed by atoms with Crippen molar-refractivity contribution < 1.29 is 9.53 Å². The van der Waals surface area contributed by atoms with Crippen LogP contribution in [-0.4, -0.2) is 47.1 Å². The third-order valence-corrected chi connectivity index (χ3v) is 6.21. The number of anilines is 1. The molecule has 3 aromatic rings. The van der Waals surface area contributed by atoms with Gasteiger partial charge in [-0.05, 0) is 13.0 Å². The van der Waals surface area contributed by atoms with E-state index in [1.165, 1.54) is 0 Å². The number of halogens is 1. The van der Waals surface area contributed by atoms with Crippen LogP contribution < -0.4 is 5.32 Å². The number of carbonyl (C=O) groups excluding carboxylic acids is 1. The molecule has 0 radical (unpaired) electrons. The number of carbonyl (C=O) groups is 1. The van der Waals surface area contributed by atoms with E-state index in [0.29, 0.717) is 49.3 Å². The van der Waals surface area contributed by atoms with Crippen molar-refractivity contribution in [3.05, 3.63) is 63.8 Å². The summed E-state index contributed by atoms with van der Waals surface area (Å²) in [7, 11) is 0. The van der Waals surface area contributed by atoms with E-state index in [9.17, 15) is 4.79 Å². The Kier molecular flexibility index (Phi) is 6.08. The van der Waals surface area contributed by atoms with Crippen molar-refractivity contribution in [2.24, 2.45) is 0 Å². The molecule has 0 bridgehead atoms. The number of rotatable bonds is 5. The number of hydrogen-bond donors (Lipinski definition) is 1. The van der Waals surface area contributed by atoms with Gasteiger partial charge in [0.15, 0.2) is 0 Å². The van der Waals surface area contributed by atoms with Gasteiger partial charge in [0.05, 0.1) is 36.0 Å². The number of thiazole rings is 1. The number of morpholine rings is 1. The molecule has 0 unspecified atom stereocenters. The molecule has 29 heavy (non-hydrogen) atoms. The molecular weight excluding hydrogens is 408 g/mol. The minimum absolute atomic E-state index is 0.0694. The van der Waals surface area contributed by atoms with Gasteiger partial charge < -0.3 is 15.0 Å². The first-order valence-corrected chi connectivity index (χ1v) is 10.6. The molecule has 1 saturated heterocycles. The molecule has 3 heterocycles. The van der Waals surface area contributed by atoms with Crippen molar-refractivity contribution in [2.75, 3.05) is 31.6 Å². The number of aromatic nitrogens is 2. The van der Waals surface area contributed by atoms with Gasteiger partial charge in [0, 0.05) is 29.7 Å². The van der Waals surface area contributed by atoms with Crippen LogP contribution in [0.2, 0.25) is 5.02 Å². The lowest BCUT2D eigenvalue weighted by Crippen LogP contribution is -2.40. The van der Waals surface area contributed by atoms with Crippen LogP contribution in [0.4, 0.5) is 5.82 Å². The first-order chi connectivity index (χ1) is 14.1. The van der Waals surface area contributed by atoms with Crippen molar-refractivity contribution >= 4 is 34.7 Å². The largest absolute Gasteiger partial charge is 0.378 e. The summed E-state index contributed by atoms with van der Waals surface area (Å²) in [6, 6.07) is 11.8. The lowest BCUT2D eigenvalue weighted by molar-refractivity contribution is 0.0302. The zero-order valence-corrected chi connectivity index (χ0v) is 17.6. The fourth-order valence-electron chi connectivity index (χ4n) is 3.09. The molecule has 150 valence electrons. The van der Waals surface area contributed by atoms with Gasteiger partial charge >= 0.3 is 0 Å². The first kappa shape index (κ1) is 19.8. The second-order valence-corrected chi connectivity index (χ2v) is 8.20. The first-order valence-electron chi connectivity index (χ1n) is 9.40. The normalized spacial score (nSPS) is 14.1. The van der Waals surface area contributed by atoms with Crippen LogP contribution in [0.15, 0.2) is 42.6 Å². The molecule has 1 aliphatic heterocycles. The minimum atomic E-state index is -0.0694. The number of nitrogens with zero attached hydrogens (tertiary/aromatic N) is 3. The molecule has 0 saturated carbocycles. The Labute approximate surface area is 178 Å². The molecule has 1 N–H and O–H groups in total. The quantitative estimate of drug-likeness (QED) is 0.658. The molecule has 1 amide bonds. The van der Waals surface area contributed by atoms with E-state index >= 15 is 0 Å². The molecule has 1 aliphatic rings. The Hall–Kier alpha value is -2.48. The average Bonchev–Trinajstić information content (AvgIpc) is 3.14. The standard InChI is InChI=1S/C21H21ClN4O2S/c1-14-18(29-20(25-14)15-5-3-2-4-6-15)13-24-19-17(22)11-16(12-23-19)21(27)26-7-9-28-10-8-26/h2-6,11-12H,7-10,13H2,1H3,(H,23,24). The summed E-state index contributed by atoms with van der Waals surface area (Å²) >= 11 is 8.03. The van der Waals surface area contributed by atoms with E-state index in [1.54, 1.807) is 28.5 Å². The molecule has 0 atom stereocenters. The number of benzene rings is 1. The van der Waals surface area contributed by atoms with Crippen molar-refractivity contribution in [3.63, 3.8) is 0 Å². The summed E-state index contributed by atoms with van der Waals surface area (Å²) < 4.78 is 5.29. The van der Waals surface area contributed by atoms with Gasteiger partial charge in [-0.1, -0.05) is 41.9 Å². The third-order valence-electron chi connectivity index (χ3n) is 4.72. The molecule has 2 aromatic heterocycles. The predicted octanol–water partition coefficient (Wildman–Crippen LogP) is 4.25. The second-order valence-electron chi connectivity index (χ2n) is 6.71. The van der Waals surface area contributed by atoms with Crippen LogP contribution in [0.1, 0.15) is 20.9 Å². The van der Waals surface area contributed by atoms with Gasteiger partial charge in [-0.3, -0.25) is 4.79 Å². The van der Waals surface area contributed by atoms with E-state index in [4.69, 9.17) is 16.3 Å². The molecule has 8 heteroatoms. The van der Waals surface area contributed by atoms with Gasteiger partial charge in [0.25, 0.3) is 5.91 Å². The zero-order chi connectivity index (χ0) is 20.2. The maximum absolute atomic E-state index is 12.6. The summed E-state index contributed by atoms with van der Waals surface area (Å²) in [6.07, 6.45) is 1.57. The summed E-state index contributed by atoms with van der Waals surface area (Å²) in [5, 5.41) is 4.68. The Morgan fingerprint density at radius 1 is 1.28 bits per heavy atom. The number of hydrogen-bond acceptors (Lipinski definition) is 6. The zero-order valence-electron chi connectivity index (χ0n) is 16.0. The number of amides is 1. The monoisotopic (exact) mass is 428 g/mol. The molecule has 1 fully saturated rings. The maximum Gasteiger partial charge on any atom is 0.255 e. The molecule has 4 rings (SSSR count). The van der Waals surface area contributed by atoms with Crippen LogP contribution >= 0.6 is 22.9 Å². The van der Waals surface area contributed by atoms with Gasteiger partial charge in [-0.15, -0.1) is 11.3 Å². The topological polar surface area (TPSA) is 67.4 Å². The minimum Gasteiger partial charge on any atom is -0.378 e. The van der Waals surface area contributed by atoms with E-state index < -0.39 is 0 Å². The number of aryl methyl sites for hydroxylation is 1. The second kappa shape index (κ2) is 8.90. The Balaban J connectivity index is 1.44. The van der Waals surface area contributed by atoms with Gasteiger partial charge in [0.2, 0.25) is 0 Å². The SMILES string of the molecule is Cc1nc(-c2ccccc2)sc1CNc1ncc(C(=O)N2CCOCC2)cc1Cl. The lowest BCUT2D eigenvalue weighted by atomic mass is 10.2. The van der Waals surface area contributed by atoms with Crippen LogP contribution in [-0.2, 0) is 11.3 Å². The fraction of sp³-hybridized carbons (Fsp3) is 0.286. The number of pyridine rings is 1. The predicted molar refractivity (Wildman–Crippen MR) is 116 cm³/mol. The smallest absolute Gasteiger partial charge is 0.255 e. The maximum atomic E-state index is 12.6. The van der Waals surface area contributed by atoms with Gasteiger partial charge in [-0.25, -0.2) is 9.97 Å². The van der Waals surface area contributed by atoms with Crippen molar-refractivity contribution in [1.29, 1.82) is 0 Å². The summed E-state index contributed by atoms with van der Waals surface area (Å²) in [6.45, 7) is 4.87. The summed E-state index contributed by atoms with van der Waals surface area (Å²) in [5.41, 5.74) is 2.58. The van der Waals surface area contributed by atoms with E-state index in [0.717, 1.165) is 21.1 Å². The van der Waals surface area contributed by atoms with Gasteiger partial charge in [-0.2, -0.15) is 0 Å². The fourth-order valence-corrected chi connectivity index (χ4v) is 4.33. The van der Waals surface area contributed by atoms with Crippen LogP contribution in [0, 0.1) is 6.92 Å². The highest BCUT2D eigenvalue weighted by molar-refractivity contribution is 7.15. The van der Waals surface area contributed by atoms with Crippen molar-refractivity contribution in [2.45, 2.75) is 13.5 Å². The summed E-state index contributed by atoms with van der Waals surface area (Å²) in [5.74, 6) is 0.485. The summed E-state index contributed by atoms with van der Waals surface area (Å²) in [4.78, 5) is 24.5. The molecule has 0 aliphatic carbocycles. The van der Waals surface area contributed by atoms with Crippen LogP contribution in [0.5, 0.6) is 0 Å². The molecule has 0 spiro atoms. The van der Waals surface area contributed by atoms with Crippen LogP contribution in [0.25, 0.3) is 10.6 Å².